The minimum absolute atomic E-state index is 0.0235. The fourth-order valence-corrected chi connectivity index (χ4v) is 5.46. The summed E-state index contributed by atoms with van der Waals surface area (Å²) in [6, 6.07) is 19.2. The van der Waals surface area contributed by atoms with Gasteiger partial charge in [-0.2, -0.15) is 0 Å². The summed E-state index contributed by atoms with van der Waals surface area (Å²) < 4.78 is 0. The Morgan fingerprint density at radius 3 is 2.09 bits per heavy atom. The highest BCUT2D eigenvalue weighted by Gasteiger charge is 2.56. The summed E-state index contributed by atoms with van der Waals surface area (Å²) in [4.78, 5) is 23.5. The fourth-order valence-electron chi connectivity index (χ4n) is 5.46. The predicted molar refractivity (Wildman–Crippen MR) is 128 cm³/mol. The Bertz CT molecular complexity index is 920. The molecule has 5 rings (SSSR count). The van der Waals surface area contributed by atoms with Crippen LogP contribution in [-0.4, -0.2) is 36.1 Å². The Labute approximate surface area is 196 Å². The van der Waals surface area contributed by atoms with E-state index in [1.807, 2.05) is 60.7 Å². The minimum atomic E-state index is -1.38. The lowest BCUT2D eigenvalue weighted by molar-refractivity contribution is -0.149. The number of benzene rings is 2. The van der Waals surface area contributed by atoms with Gasteiger partial charge in [-0.05, 0) is 35.8 Å². The number of carbonyl (C=O) groups is 2. The summed E-state index contributed by atoms with van der Waals surface area (Å²) >= 11 is 0. The number of carbonyl (C=O) groups excluding carboxylic acids is 2. The molecule has 2 aromatic rings. The van der Waals surface area contributed by atoms with Crippen molar-refractivity contribution in [1.82, 2.24) is 10.6 Å². The molecule has 0 spiro atoms. The molecular weight excluding hydrogens is 414 g/mol. The maximum Gasteiger partial charge on any atom is 0.257 e. The number of piperidine rings is 1. The predicted octanol–water partition coefficient (Wildman–Crippen LogP) is 2.50. The van der Waals surface area contributed by atoms with E-state index in [0.717, 1.165) is 49.9 Å². The lowest BCUT2D eigenvalue weighted by atomic mass is 9.73. The summed E-state index contributed by atoms with van der Waals surface area (Å²) in [6.07, 6.45) is 5.61. The van der Waals surface area contributed by atoms with E-state index in [2.05, 4.69) is 10.6 Å². The van der Waals surface area contributed by atoms with Gasteiger partial charge in [0.05, 0.1) is 6.42 Å². The van der Waals surface area contributed by atoms with Crippen molar-refractivity contribution < 1.29 is 14.7 Å². The molecule has 2 amide bonds. The monoisotopic (exact) mass is 449 g/mol. The molecule has 3 atom stereocenters. The number of hydrogen-bond donors (Lipinski definition) is 4. The second-order valence-electron chi connectivity index (χ2n) is 9.58. The van der Waals surface area contributed by atoms with E-state index >= 15 is 0 Å². The van der Waals surface area contributed by atoms with Crippen LogP contribution in [0.4, 0.5) is 0 Å². The fraction of sp³-hybridized carbons (Fsp3) is 0.481. The average Bonchev–Trinajstić information content (AvgIpc) is 3.25. The molecule has 0 radical (unpaired) electrons. The van der Waals surface area contributed by atoms with Gasteiger partial charge in [0, 0.05) is 25.0 Å². The van der Waals surface area contributed by atoms with Gasteiger partial charge < -0.3 is 21.5 Å². The first kappa shape index (κ1) is 23.5. The molecule has 2 aromatic carbocycles. The Balaban J connectivity index is 0.000000219. The van der Waals surface area contributed by atoms with Crippen LogP contribution in [0.15, 0.2) is 60.7 Å². The number of rotatable bonds is 6. The number of fused-ring (bicyclic) bond motifs is 1. The van der Waals surface area contributed by atoms with E-state index in [4.69, 9.17) is 5.73 Å². The molecule has 2 aliphatic carbocycles. The Kier molecular flexibility index (Phi) is 7.46. The first-order chi connectivity index (χ1) is 16.0. The molecule has 5 N–H and O–H groups in total. The molecule has 176 valence electrons. The summed E-state index contributed by atoms with van der Waals surface area (Å²) in [5.41, 5.74) is 5.31. The SMILES string of the molecule is NC(=O)Cc1ccccc1.O=C(NC1C2CNCC21)C(O)(c1ccccc1)C1CCCCC1. The summed E-state index contributed by atoms with van der Waals surface area (Å²) in [7, 11) is 0. The van der Waals surface area contributed by atoms with E-state index in [0.29, 0.717) is 18.3 Å². The molecule has 6 nitrogen and oxygen atoms in total. The largest absolute Gasteiger partial charge is 0.375 e. The molecular formula is C27H35N3O3. The number of nitrogens with two attached hydrogens (primary N) is 1. The highest BCUT2D eigenvalue weighted by Crippen LogP contribution is 2.44. The zero-order valence-corrected chi connectivity index (χ0v) is 19.1. The normalized spacial score (nSPS) is 25.7. The first-order valence-electron chi connectivity index (χ1n) is 12.1. The third kappa shape index (κ3) is 5.45. The van der Waals surface area contributed by atoms with Crippen LogP contribution in [0.2, 0.25) is 0 Å². The molecule has 1 aliphatic heterocycles. The van der Waals surface area contributed by atoms with Gasteiger partial charge in [0.1, 0.15) is 0 Å². The molecule has 1 heterocycles. The van der Waals surface area contributed by atoms with Crippen LogP contribution in [0, 0.1) is 17.8 Å². The molecule has 3 aliphatic rings. The van der Waals surface area contributed by atoms with Crippen molar-refractivity contribution in [1.29, 1.82) is 0 Å². The molecule has 1 saturated heterocycles. The molecule has 3 fully saturated rings. The number of hydrogen-bond acceptors (Lipinski definition) is 4. The van der Waals surface area contributed by atoms with Crippen molar-refractivity contribution in [2.45, 2.75) is 50.2 Å². The van der Waals surface area contributed by atoms with E-state index in [1.165, 1.54) is 6.42 Å². The Morgan fingerprint density at radius 2 is 1.52 bits per heavy atom. The van der Waals surface area contributed by atoms with Gasteiger partial charge in [-0.25, -0.2) is 0 Å². The van der Waals surface area contributed by atoms with E-state index < -0.39 is 5.60 Å². The number of amides is 2. The van der Waals surface area contributed by atoms with Crippen LogP contribution in [0.5, 0.6) is 0 Å². The van der Waals surface area contributed by atoms with Crippen LogP contribution in [0.25, 0.3) is 0 Å². The minimum Gasteiger partial charge on any atom is -0.375 e. The third-order valence-electron chi connectivity index (χ3n) is 7.37. The summed E-state index contributed by atoms with van der Waals surface area (Å²) in [6.45, 7) is 1.98. The summed E-state index contributed by atoms with van der Waals surface area (Å²) in [5, 5.41) is 18.0. The Hall–Kier alpha value is -2.70. The molecule has 0 bridgehead atoms. The van der Waals surface area contributed by atoms with Crippen LogP contribution in [0.3, 0.4) is 0 Å². The van der Waals surface area contributed by atoms with Crippen molar-refractivity contribution in [3.63, 3.8) is 0 Å². The molecule has 0 aromatic heterocycles. The zero-order valence-electron chi connectivity index (χ0n) is 19.1. The summed E-state index contributed by atoms with van der Waals surface area (Å²) in [5.74, 6) is 0.673. The quantitative estimate of drug-likeness (QED) is 0.544. The van der Waals surface area contributed by atoms with Crippen molar-refractivity contribution in [3.8, 4) is 0 Å². The van der Waals surface area contributed by atoms with Crippen LogP contribution in [0.1, 0.15) is 43.2 Å². The van der Waals surface area contributed by atoms with E-state index in [9.17, 15) is 14.7 Å². The van der Waals surface area contributed by atoms with Crippen molar-refractivity contribution in [2.24, 2.45) is 23.5 Å². The number of aliphatic hydroxyl groups is 1. The zero-order chi connectivity index (χ0) is 23.3. The Morgan fingerprint density at radius 1 is 0.939 bits per heavy atom. The van der Waals surface area contributed by atoms with Crippen LogP contribution >= 0.6 is 0 Å². The third-order valence-corrected chi connectivity index (χ3v) is 7.37. The maximum atomic E-state index is 13.1. The van der Waals surface area contributed by atoms with Gasteiger partial charge in [-0.1, -0.05) is 79.9 Å². The molecule has 33 heavy (non-hydrogen) atoms. The van der Waals surface area contributed by atoms with Crippen molar-refractivity contribution in [2.75, 3.05) is 13.1 Å². The molecule has 2 saturated carbocycles. The maximum absolute atomic E-state index is 13.1. The number of nitrogens with one attached hydrogen (secondary N) is 2. The van der Waals surface area contributed by atoms with Gasteiger partial charge in [-0.3, -0.25) is 9.59 Å². The lowest BCUT2D eigenvalue weighted by Crippen LogP contribution is -2.51. The topological polar surface area (TPSA) is 104 Å². The first-order valence-corrected chi connectivity index (χ1v) is 12.1. The smallest absolute Gasteiger partial charge is 0.257 e. The van der Waals surface area contributed by atoms with E-state index in [1.54, 1.807) is 0 Å². The average molecular weight is 450 g/mol. The van der Waals surface area contributed by atoms with Crippen LogP contribution < -0.4 is 16.4 Å². The second kappa shape index (κ2) is 10.5. The van der Waals surface area contributed by atoms with Crippen molar-refractivity contribution in [3.05, 3.63) is 71.8 Å². The molecule has 6 heteroatoms. The van der Waals surface area contributed by atoms with E-state index in [-0.39, 0.29) is 23.8 Å². The van der Waals surface area contributed by atoms with Gasteiger partial charge in [0.25, 0.3) is 5.91 Å². The standard InChI is InChI=1S/C19H26N2O2.C8H9NO/c22-18(21-17-15-11-20-12-16(15)17)19(23,13-7-3-1-4-8-13)14-9-5-2-6-10-14;9-8(10)6-7-4-2-1-3-5-7/h1,3-4,7-8,14-17,20,23H,2,5-6,9-12H2,(H,21,22);1-5H,6H2,(H2,9,10). The van der Waals surface area contributed by atoms with Gasteiger partial charge in [0.15, 0.2) is 5.60 Å². The van der Waals surface area contributed by atoms with Gasteiger partial charge in [-0.15, -0.1) is 0 Å². The highest BCUT2D eigenvalue weighted by atomic mass is 16.3. The van der Waals surface area contributed by atoms with Gasteiger partial charge >= 0.3 is 0 Å². The molecule has 3 unspecified atom stereocenters. The van der Waals surface area contributed by atoms with Crippen LogP contribution in [-0.2, 0) is 21.6 Å². The second-order valence-corrected chi connectivity index (χ2v) is 9.58. The van der Waals surface area contributed by atoms with Gasteiger partial charge in [0.2, 0.25) is 5.91 Å². The highest BCUT2D eigenvalue weighted by molar-refractivity contribution is 5.87. The van der Waals surface area contributed by atoms with Crippen molar-refractivity contribution >= 4 is 11.8 Å². The lowest BCUT2D eigenvalue weighted by Gasteiger charge is -2.37. The number of primary amides is 1.